The van der Waals surface area contributed by atoms with E-state index in [1.165, 1.54) is 42.2 Å². The third-order valence-electron chi connectivity index (χ3n) is 9.34. The molecule has 2 fully saturated rings. The third kappa shape index (κ3) is 5.95. The number of amides is 2. The second-order valence-electron chi connectivity index (χ2n) is 12.1. The van der Waals surface area contributed by atoms with Gasteiger partial charge in [0.15, 0.2) is 9.84 Å². The van der Waals surface area contributed by atoms with Gasteiger partial charge in [0.2, 0.25) is 11.8 Å². The number of halogens is 7. The molecule has 0 radical (unpaired) electrons. The van der Waals surface area contributed by atoms with E-state index >= 15 is 0 Å². The Morgan fingerprint density at radius 2 is 1.40 bits per heavy atom. The quantitative estimate of drug-likeness (QED) is 0.253. The molecule has 2 amide bonds. The van der Waals surface area contributed by atoms with Crippen molar-refractivity contribution >= 4 is 21.7 Å². The number of nitrogens with zero attached hydrogens (tertiary/aromatic N) is 2. The maximum absolute atomic E-state index is 14.5. The lowest BCUT2D eigenvalue weighted by molar-refractivity contribution is -0.376. The molecule has 1 saturated carbocycles. The zero-order valence-corrected chi connectivity index (χ0v) is 26.3. The lowest BCUT2D eigenvalue weighted by Gasteiger charge is -2.37. The fourth-order valence-corrected chi connectivity index (χ4v) is 8.88. The van der Waals surface area contributed by atoms with Crippen molar-refractivity contribution in [2.75, 3.05) is 26.2 Å². The average molecular weight is 701 g/mol. The molecular weight excluding hydrogens is 669 g/mol. The molecule has 5 rings (SSSR count). The molecule has 48 heavy (non-hydrogen) atoms. The van der Waals surface area contributed by atoms with Gasteiger partial charge < -0.3 is 14.9 Å². The Bertz CT molecular complexity index is 1780. The van der Waals surface area contributed by atoms with Crippen molar-refractivity contribution in [2.24, 2.45) is 5.92 Å². The predicted molar refractivity (Wildman–Crippen MR) is 159 cm³/mol. The molecule has 2 atom stereocenters. The SMILES string of the molecule is CC(=O)N1CCN(C(=O)[C@@H]2CC[C@](c3ccc(C(O)(C(F)(F)F)C(F)(F)F)c(-c4ccccc4)c3)(S(=O)(=O)c3ccc(F)cc3)C2)CC1. The Labute approximate surface area is 271 Å². The molecule has 1 saturated heterocycles. The summed E-state index contributed by atoms with van der Waals surface area (Å²) in [6.45, 7) is 2.29. The minimum absolute atomic E-state index is 0.00361. The van der Waals surface area contributed by atoms with Gasteiger partial charge in [0.1, 0.15) is 10.6 Å². The zero-order valence-electron chi connectivity index (χ0n) is 25.5. The van der Waals surface area contributed by atoms with Crippen LogP contribution in [0, 0.1) is 11.7 Å². The summed E-state index contributed by atoms with van der Waals surface area (Å²) in [5, 5.41) is 10.4. The molecule has 3 aromatic rings. The molecule has 0 unspecified atom stereocenters. The van der Waals surface area contributed by atoms with Crippen molar-refractivity contribution in [3.8, 4) is 11.1 Å². The van der Waals surface area contributed by atoms with Crippen molar-refractivity contribution in [1.82, 2.24) is 9.80 Å². The number of piperazine rings is 1. The number of sulfone groups is 1. The fourth-order valence-electron chi connectivity index (χ4n) is 6.69. The summed E-state index contributed by atoms with van der Waals surface area (Å²) < 4.78 is 126. The Hall–Kier alpha value is -3.98. The van der Waals surface area contributed by atoms with Crippen molar-refractivity contribution in [2.45, 2.75) is 53.8 Å². The van der Waals surface area contributed by atoms with Crippen LogP contribution >= 0.6 is 0 Å². The molecule has 258 valence electrons. The highest BCUT2D eigenvalue weighted by atomic mass is 32.2. The van der Waals surface area contributed by atoms with Gasteiger partial charge in [-0.15, -0.1) is 0 Å². The topological polar surface area (TPSA) is 95.0 Å². The number of hydrogen-bond acceptors (Lipinski definition) is 5. The Balaban J connectivity index is 1.68. The first-order valence-corrected chi connectivity index (χ1v) is 16.4. The summed E-state index contributed by atoms with van der Waals surface area (Å²) in [6, 6.07) is 12.6. The maximum Gasteiger partial charge on any atom is 0.430 e. The second-order valence-corrected chi connectivity index (χ2v) is 14.3. The zero-order chi connectivity index (χ0) is 35.3. The maximum atomic E-state index is 14.5. The van der Waals surface area contributed by atoms with E-state index in [0.29, 0.717) is 6.07 Å². The van der Waals surface area contributed by atoms with E-state index in [-0.39, 0.29) is 67.4 Å². The van der Waals surface area contributed by atoms with Crippen molar-refractivity contribution in [1.29, 1.82) is 0 Å². The molecule has 2 aliphatic rings. The second kappa shape index (κ2) is 12.5. The number of benzene rings is 3. The highest BCUT2D eigenvalue weighted by molar-refractivity contribution is 7.92. The Morgan fingerprint density at radius 3 is 1.94 bits per heavy atom. The molecule has 0 aromatic heterocycles. The molecule has 1 heterocycles. The van der Waals surface area contributed by atoms with Gasteiger partial charge in [-0.1, -0.05) is 42.5 Å². The van der Waals surface area contributed by atoms with Gasteiger partial charge in [-0.25, -0.2) is 12.8 Å². The molecule has 3 aromatic carbocycles. The van der Waals surface area contributed by atoms with E-state index in [2.05, 4.69) is 0 Å². The first-order valence-electron chi connectivity index (χ1n) is 14.9. The third-order valence-corrected chi connectivity index (χ3v) is 11.9. The van der Waals surface area contributed by atoms with E-state index in [4.69, 9.17) is 0 Å². The molecule has 0 spiro atoms. The van der Waals surface area contributed by atoms with Gasteiger partial charge in [0.25, 0.3) is 5.60 Å². The van der Waals surface area contributed by atoms with Crippen molar-refractivity contribution in [3.05, 3.63) is 89.7 Å². The number of aliphatic hydroxyl groups is 1. The molecule has 1 aliphatic carbocycles. The van der Waals surface area contributed by atoms with E-state index in [9.17, 15) is 53.8 Å². The van der Waals surface area contributed by atoms with Gasteiger partial charge in [0.05, 0.1) is 4.90 Å². The van der Waals surface area contributed by atoms with Gasteiger partial charge in [-0.2, -0.15) is 26.3 Å². The number of hydrogen-bond donors (Lipinski definition) is 1. The Kier molecular flexibility index (Phi) is 9.18. The summed E-state index contributed by atoms with van der Waals surface area (Å²) in [4.78, 5) is 28.1. The van der Waals surface area contributed by atoms with E-state index in [1.807, 2.05) is 0 Å². The number of carbonyl (C=O) groups excluding carboxylic acids is 2. The standard InChI is InChI=1S/C33H31F7N2O5S/c1-21(43)41-15-17-42(18-16-41)29(44)23-13-14-30(20-23,48(46,47)26-10-8-25(34)9-11-26)24-7-12-28(27(19-24)22-5-3-2-4-6-22)31(45,32(35,36)37)33(38,39)40/h2-12,19,23,45H,13-18,20H2,1H3/t23-,30+/m1/s1. The van der Waals surface area contributed by atoms with Crippen LogP contribution < -0.4 is 0 Å². The highest BCUT2D eigenvalue weighted by Gasteiger charge is 2.72. The smallest absolute Gasteiger partial charge is 0.369 e. The van der Waals surface area contributed by atoms with E-state index in [1.54, 1.807) is 4.90 Å². The number of carbonyl (C=O) groups is 2. The summed E-state index contributed by atoms with van der Waals surface area (Å²) in [7, 11) is -4.59. The van der Waals surface area contributed by atoms with Crippen LogP contribution in [0.1, 0.15) is 37.3 Å². The molecule has 1 N–H and O–H groups in total. The van der Waals surface area contributed by atoms with Crippen molar-refractivity contribution in [3.63, 3.8) is 0 Å². The molecule has 7 nitrogen and oxygen atoms in total. The monoisotopic (exact) mass is 700 g/mol. The van der Waals surface area contributed by atoms with Gasteiger partial charge in [-0.05, 0) is 66.3 Å². The van der Waals surface area contributed by atoms with Crippen LogP contribution in [0.25, 0.3) is 11.1 Å². The fraction of sp³-hybridized carbons (Fsp3) is 0.394. The van der Waals surface area contributed by atoms with E-state index in [0.717, 1.165) is 36.4 Å². The van der Waals surface area contributed by atoms with Crippen LogP contribution in [0.5, 0.6) is 0 Å². The van der Waals surface area contributed by atoms with Gasteiger partial charge >= 0.3 is 12.4 Å². The lowest BCUT2D eigenvalue weighted by atomic mass is 9.82. The molecule has 15 heteroatoms. The summed E-state index contributed by atoms with van der Waals surface area (Å²) in [5.74, 6) is -2.24. The largest absolute Gasteiger partial charge is 0.430 e. The molecule has 0 bridgehead atoms. The average Bonchev–Trinajstić information content (AvgIpc) is 3.51. The van der Waals surface area contributed by atoms with Gasteiger partial charge in [-0.3, -0.25) is 9.59 Å². The lowest BCUT2D eigenvalue weighted by Crippen LogP contribution is -2.54. The van der Waals surface area contributed by atoms with Crippen LogP contribution in [-0.2, 0) is 29.8 Å². The number of alkyl halides is 6. The summed E-state index contributed by atoms with van der Waals surface area (Å²) in [6.07, 6.45) is -13.1. The highest BCUT2D eigenvalue weighted by Crippen LogP contribution is 2.55. The number of rotatable bonds is 6. The van der Waals surface area contributed by atoms with Crippen LogP contribution in [0.3, 0.4) is 0 Å². The first kappa shape index (κ1) is 35.3. The van der Waals surface area contributed by atoms with Crippen LogP contribution in [0.15, 0.2) is 77.7 Å². The van der Waals surface area contributed by atoms with Crippen LogP contribution in [0.2, 0.25) is 0 Å². The summed E-state index contributed by atoms with van der Waals surface area (Å²) in [5.41, 5.74) is -7.94. The van der Waals surface area contributed by atoms with Crippen LogP contribution in [0.4, 0.5) is 30.7 Å². The van der Waals surface area contributed by atoms with Crippen LogP contribution in [-0.4, -0.2) is 73.7 Å². The summed E-state index contributed by atoms with van der Waals surface area (Å²) >= 11 is 0. The predicted octanol–water partition coefficient (Wildman–Crippen LogP) is 5.96. The minimum Gasteiger partial charge on any atom is -0.369 e. The van der Waals surface area contributed by atoms with E-state index < -0.39 is 61.3 Å². The van der Waals surface area contributed by atoms with Gasteiger partial charge in [0, 0.05) is 44.6 Å². The van der Waals surface area contributed by atoms with Crippen molar-refractivity contribution < 1.29 is 53.8 Å². The Morgan fingerprint density at radius 1 is 0.833 bits per heavy atom. The minimum atomic E-state index is -6.22. The first-order chi connectivity index (χ1) is 22.3. The normalized spacial score (nSPS) is 21.0. The molecular formula is C33H31F7N2O5S. The molecule has 1 aliphatic heterocycles.